The molecule has 0 saturated carbocycles. The van der Waals surface area contributed by atoms with Gasteiger partial charge < -0.3 is 10.1 Å². The molecule has 2 aromatic heterocycles. The van der Waals surface area contributed by atoms with Crippen LogP contribution >= 0.6 is 0 Å². The largest absolute Gasteiger partial charge is 0.508 e. The molecule has 0 aliphatic rings. The Morgan fingerprint density at radius 2 is 1.89 bits per heavy atom. The molecule has 18 heavy (non-hydrogen) atoms. The first kappa shape index (κ1) is 11.1. The van der Waals surface area contributed by atoms with Crippen LogP contribution in [0.3, 0.4) is 0 Å². The summed E-state index contributed by atoms with van der Waals surface area (Å²) in [4.78, 5) is 7.91. The average molecular weight is 240 g/mol. The molecule has 0 aliphatic carbocycles. The van der Waals surface area contributed by atoms with Gasteiger partial charge in [-0.15, -0.1) is 0 Å². The van der Waals surface area contributed by atoms with E-state index in [-0.39, 0.29) is 11.2 Å². The summed E-state index contributed by atoms with van der Waals surface area (Å²) in [6.07, 6.45) is 1.83. The number of hydrogen-bond donors (Lipinski definition) is 2. The van der Waals surface area contributed by atoms with Gasteiger partial charge in [0.15, 0.2) is 0 Å². The Balaban J connectivity index is 2.47. The highest BCUT2D eigenvalue weighted by molar-refractivity contribution is 6.08. The highest BCUT2D eigenvalue weighted by atomic mass is 16.3. The van der Waals surface area contributed by atoms with Crippen molar-refractivity contribution in [2.75, 3.05) is 0 Å². The number of benzene rings is 1. The van der Waals surface area contributed by atoms with E-state index in [4.69, 9.17) is 0 Å². The summed E-state index contributed by atoms with van der Waals surface area (Å²) < 4.78 is 0. The highest BCUT2D eigenvalue weighted by Crippen LogP contribution is 2.33. The lowest BCUT2D eigenvalue weighted by atomic mass is 9.90. The molecule has 3 aromatic rings. The van der Waals surface area contributed by atoms with Crippen LogP contribution in [-0.4, -0.2) is 15.1 Å². The third-order valence-corrected chi connectivity index (χ3v) is 3.21. The van der Waals surface area contributed by atoms with Gasteiger partial charge in [-0.3, -0.25) is 4.98 Å². The summed E-state index contributed by atoms with van der Waals surface area (Å²) in [6.45, 7) is 6.45. The Hall–Kier alpha value is -2.03. The second-order valence-corrected chi connectivity index (χ2v) is 5.69. The molecule has 0 bridgehead atoms. The van der Waals surface area contributed by atoms with Crippen LogP contribution in [-0.2, 0) is 5.41 Å². The van der Waals surface area contributed by atoms with Crippen LogP contribution in [0.25, 0.3) is 21.8 Å². The normalized spacial score (nSPS) is 12.4. The van der Waals surface area contributed by atoms with Crippen molar-refractivity contribution in [1.82, 2.24) is 9.97 Å². The fraction of sp³-hybridized carbons (Fsp3) is 0.267. The summed E-state index contributed by atoms with van der Waals surface area (Å²) in [5, 5.41) is 11.8. The van der Waals surface area contributed by atoms with Crippen molar-refractivity contribution in [3.63, 3.8) is 0 Å². The molecule has 0 spiro atoms. The number of aromatic hydroxyl groups is 1. The van der Waals surface area contributed by atoms with Crippen molar-refractivity contribution in [3.8, 4) is 5.75 Å². The number of aromatic nitrogens is 2. The smallest absolute Gasteiger partial charge is 0.116 e. The minimum atomic E-state index is -0.0115. The van der Waals surface area contributed by atoms with Gasteiger partial charge in [-0.25, -0.2) is 0 Å². The minimum absolute atomic E-state index is 0.0115. The summed E-state index contributed by atoms with van der Waals surface area (Å²) in [7, 11) is 0. The van der Waals surface area contributed by atoms with Crippen molar-refractivity contribution in [3.05, 3.63) is 36.2 Å². The van der Waals surface area contributed by atoms with Crippen LogP contribution in [0.15, 0.2) is 30.5 Å². The number of phenols is 1. The number of H-pyrrole nitrogens is 1. The number of rotatable bonds is 0. The summed E-state index contributed by atoms with van der Waals surface area (Å²) in [5.41, 5.74) is 3.13. The zero-order valence-corrected chi connectivity index (χ0v) is 10.8. The van der Waals surface area contributed by atoms with Crippen molar-refractivity contribution in [2.45, 2.75) is 26.2 Å². The van der Waals surface area contributed by atoms with Crippen molar-refractivity contribution >= 4 is 21.8 Å². The van der Waals surface area contributed by atoms with Crippen LogP contribution in [0, 0.1) is 0 Å². The van der Waals surface area contributed by atoms with E-state index in [9.17, 15) is 5.11 Å². The van der Waals surface area contributed by atoms with Gasteiger partial charge in [-0.2, -0.15) is 0 Å². The van der Waals surface area contributed by atoms with E-state index >= 15 is 0 Å². The molecule has 0 radical (unpaired) electrons. The summed E-state index contributed by atoms with van der Waals surface area (Å²) in [6, 6.07) is 7.38. The number of phenolic OH excluding ortho intramolecular Hbond substituents is 1. The number of nitrogens with one attached hydrogen (secondary N) is 1. The Bertz CT molecular complexity index is 735. The van der Waals surface area contributed by atoms with E-state index in [0.717, 1.165) is 27.5 Å². The maximum atomic E-state index is 9.61. The second kappa shape index (κ2) is 3.48. The molecule has 0 amide bonds. The molecular weight excluding hydrogens is 224 g/mol. The van der Waals surface area contributed by atoms with Gasteiger partial charge in [0.05, 0.1) is 11.2 Å². The predicted molar refractivity (Wildman–Crippen MR) is 74.0 cm³/mol. The maximum absolute atomic E-state index is 9.61. The molecular formula is C15H16N2O. The van der Waals surface area contributed by atoms with Crippen molar-refractivity contribution < 1.29 is 5.11 Å². The molecule has 0 fully saturated rings. The summed E-state index contributed by atoms with van der Waals surface area (Å²) in [5.74, 6) is 0.289. The lowest BCUT2D eigenvalue weighted by Gasteiger charge is -2.18. The molecule has 3 nitrogen and oxygen atoms in total. The molecule has 0 atom stereocenters. The van der Waals surface area contributed by atoms with E-state index < -0.39 is 0 Å². The van der Waals surface area contributed by atoms with Gasteiger partial charge in [-0.05, 0) is 24.3 Å². The molecule has 0 aliphatic heterocycles. The minimum Gasteiger partial charge on any atom is -0.508 e. The molecule has 3 heteroatoms. The van der Waals surface area contributed by atoms with Crippen LogP contribution in [0.5, 0.6) is 5.75 Å². The third-order valence-electron chi connectivity index (χ3n) is 3.21. The topological polar surface area (TPSA) is 48.9 Å². The second-order valence-electron chi connectivity index (χ2n) is 5.69. The summed E-state index contributed by atoms with van der Waals surface area (Å²) >= 11 is 0. The molecule has 1 aromatic carbocycles. The first-order chi connectivity index (χ1) is 8.47. The molecule has 0 saturated heterocycles. The van der Waals surface area contributed by atoms with Crippen molar-refractivity contribution in [2.24, 2.45) is 0 Å². The van der Waals surface area contributed by atoms with Gasteiger partial charge >= 0.3 is 0 Å². The Morgan fingerprint density at radius 1 is 1.11 bits per heavy atom. The van der Waals surface area contributed by atoms with E-state index in [0.29, 0.717) is 0 Å². The van der Waals surface area contributed by atoms with Gasteiger partial charge in [-0.1, -0.05) is 20.8 Å². The van der Waals surface area contributed by atoms with Crippen LogP contribution in [0.2, 0.25) is 0 Å². The number of pyridine rings is 1. The lowest BCUT2D eigenvalue weighted by Crippen LogP contribution is -2.13. The molecule has 92 valence electrons. The van der Waals surface area contributed by atoms with E-state index in [1.54, 1.807) is 12.1 Å². The fourth-order valence-corrected chi connectivity index (χ4v) is 2.38. The molecule has 2 heterocycles. The Morgan fingerprint density at radius 3 is 2.61 bits per heavy atom. The lowest BCUT2D eigenvalue weighted by molar-refractivity contribution is 0.476. The maximum Gasteiger partial charge on any atom is 0.116 e. The highest BCUT2D eigenvalue weighted by Gasteiger charge is 2.20. The number of aromatic amines is 1. The Kier molecular flexibility index (Phi) is 2.14. The van der Waals surface area contributed by atoms with E-state index in [1.165, 1.54) is 0 Å². The molecule has 2 N–H and O–H groups in total. The number of hydrogen-bond acceptors (Lipinski definition) is 2. The number of nitrogens with zero attached hydrogens (tertiary/aromatic N) is 1. The predicted octanol–water partition coefficient (Wildman–Crippen LogP) is 3.72. The van der Waals surface area contributed by atoms with Gasteiger partial charge in [0.2, 0.25) is 0 Å². The van der Waals surface area contributed by atoms with Crippen LogP contribution in [0.1, 0.15) is 26.5 Å². The van der Waals surface area contributed by atoms with Gasteiger partial charge in [0.25, 0.3) is 0 Å². The quantitative estimate of drug-likeness (QED) is 0.629. The van der Waals surface area contributed by atoms with Gasteiger partial charge in [0.1, 0.15) is 5.75 Å². The molecule has 3 rings (SSSR count). The number of fused-ring (bicyclic) bond motifs is 3. The fourth-order valence-electron chi connectivity index (χ4n) is 2.38. The van der Waals surface area contributed by atoms with Gasteiger partial charge in [0, 0.05) is 27.9 Å². The first-order valence-electron chi connectivity index (χ1n) is 6.07. The standard InChI is InChI=1S/C15H16N2O/c1-15(2,3)14-13-10(6-7-16-14)11-8-9(18)4-5-12(11)17-13/h4-8,17-18H,1-3H3. The van der Waals surface area contributed by atoms with Crippen LogP contribution in [0.4, 0.5) is 0 Å². The van der Waals surface area contributed by atoms with E-state index in [1.807, 2.05) is 18.3 Å². The third kappa shape index (κ3) is 1.55. The zero-order chi connectivity index (χ0) is 12.9. The monoisotopic (exact) mass is 240 g/mol. The molecule has 0 unspecified atom stereocenters. The van der Waals surface area contributed by atoms with Crippen LogP contribution < -0.4 is 0 Å². The Labute approximate surface area is 105 Å². The SMILES string of the molecule is CC(C)(C)c1nccc2c1[nH]c1ccc(O)cc12. The zero-order valence-electron chi connectivity index (χ0n) is 10.8. The van der Waals surface area contributed by atoms with E-state index in [2.05, 4.69) is 30.7 Å². The first-order valence-corrected chi connectivity index (χ1v) is 6.07. The van der Waals surface area contributed by atoms with Crippen molar-refractivity contribution in [1.29, 1.82) is 0 Å². The average Bonchev–Trinajstić information content (AvgIpc) is 2.65.